The molecular formula is C18H22N4O2S. The lowest BCUT2D eigenvalue weighted by atomic mass is 10.2. The topological polar surface area (TPSA) is 76.0 Å². The van der Waals surface area contributed by atoms with E-state index < -0.39 is 10.0 Å². The van der Waals surface area contributed by atoms with Crippen molar-refractivity contribution >= 4 is 21.1 Å². The number of nitrogens with zero attached hydrogens (tertiary/aromatic N) is 2. The second kappa shape index (κ2) is 7.77. The molecular weight excluding hydrogens is 336 g/mol. The molecule has 0 spiro atoms. The highest BCUT2D eigenvalue weighted by Crippen LogP contribution is 2.13. The van der Waals surface area contributed by atoms with Gasteiger partial charge in [0, 0.05) is 20.1 Å². The van der Waals surface area contributed by atoms with E-state index >= 15 is 0 Å². The van der Waals surface area contributed by atoms with E-state index in [2.05, 4.69) is 15.0 Å². The molecule has 132 valence electrons. The van der Waals surface area contributed by atoms with Crippen LogP contribution in [0.5, 0.6) is 0 Å². The lowest BCUT2D eigenvalue weighted by molar-refractivity contribution is 0.574. The maximum atomic E-state index is 12.1. The molecule has 0 saturated carbocycles. The molecule has 0 saturated heterocycles. The summed E-state index contributed by atoms with van der Waals surface area (Å²) >= 11 is 0. The fraction of sp³-hybridized carbons (Fsp3) is 0.278. The molecule has 1 aromatic heterocycles. The lowest BCUT2D eigenvalue weighted by Gasteiger charge is -2.08. The number of imidazole rings is 1. The predicted octanol–water partition coefficient (Wildman–Crippen LogP) is 1.78. The van der Waals surface area contributed by atoms with Crippen molar-refractivity contribution in [2.24, 2.45) is 7.05 Å². The normalized spacial score (nSPS) is 11.9. The molecule has 0 atom stereocenters. The molecule has 0 aliphatic carbocycles. The Morgan fingerprint density at radius 2 is 1.72 bits per heavy atom. The van der Waals surface area contributed by atoms with Gasteiger partial charge >= 0.3 is 0 Å². The summed E-state index contributed by atoms with van der Waals surface area (Å²) in [6, 6.07) is 17.4. The second-order valence-electron chi connectivity index (χ2n) is 5.88. The summed E-state index contributed by atoms with van der Waals surface area (Å²) in [4.78, 5) is 4.56. The second-order valence-corrected chi connectivity index (χ2v) is 7.80. The number of aromatic nitrogens is 2. The zero-order chi connectivity index (χ0) is 17.7. The van der Waals surface area contributed by atoms with Crippen molar-refractivity contribution in [3.8, 4) is 0 Å². The summed E-state index contributed by atoms with van der Waals surface area (Å²) in [5, 5.41) is 3.16. The Balaban J connectivity index is 1.47. The Bertz CT molecular complexity index is 936. The minimum Gasteiger partial charge on any atom is -0.330 e. The molecule has 6 nitrogen and oxygen atoms in total. The first kappa shape index (κ1) is 17.6. The van der Waals surface area contributed by atoms with Gasteiger partial charge in [0.05, 0.1) is 23.3 Å². The highest BCUT2D eigenvalue weighted by atomic mass is 32.2. The van der Waals surface area contributed by atoms with E-state index in [1.165, 1.54) is 0 Å². The molecule has 2 aromatic carbocycles. The number of sulfonamides is 1. The van der Waals surface area contributed by atoms with Crippen LogP contribution in [0.4, 0.5) is 0 Å². The largest absolute Gasteiger partial charge is 0.330 e. The summed E-state index contributed by atoms with van der Waals surface area (Å²) in [7, 11) is -1.35. The van der Waals surface area contributed by atoms with Crippen LogP contribution < -0.4 is 10.0 Å². The molecule has 2 N–H and O–H groups in total. The molecule has 0 fully saturated rings. The minimum atomic E-state index is -3.31. The van der Waals surface area contributed by atoms with Crippen LogP contribution in [0.3, 0.4) is 0 Å². The number of hydrogen-bond donors (Lipinski definition) is 2. The van der Waals surface area contributed by atoms with Crippen LogP contribution in [-0.2, 0) is 30.2 Å². The van der Waals surface area contributed by atoms with E-state index in [1.54, 1.807) is 0 Å². The Morgan fingerprint density at radius 3 is 2.48 bits per heavy atom. The van der Waals surface area contributed by atoms with Crippen LogP contribution in [0, 0.1) is 0 Å². The van der Waals surface area contributed by atoms with Crippen molar-refractivity contribution in [2.75, 3.05) is 12.3 Å². The third kappa shape index (κ3) is 4.66. The van der Waals surface area contributed by atoms with Crippen LogP contribution >= 0.6 is 0 Å². The number of benzene rings is 2. The van der Waals surface area contributed by atoms with Crippen LogP contribution in [0.1, 0.15) is 11.4 Å². The van der Waals surface area contributed by atoms with Crippen molar-refractivity contribution < 1.29 is 8.42 Å². The summed E-state index contributed by atoms with van der Waals surface area (Å²) in [5.41, 5.74) is 2.95. The predicted molar refractivity (Wildman–Crippen MR) is 99.5 cm³/mol. The first-order chi connectivity index (χ1) is 12.1. The van der Waals surface area contributed by atoms with Crippen LogP contribution in [0.2, 0.25) is 0 Å². The van der Waals surface area contributed by atoms with Crippen molar-refractivity contribution in [1.82, 2.24) is 19.6 Å². The van der Waals surface area contributed by atoms with E-state index in [1.807, 2.05) is 66.2 Å². The van der Waals surface area contributed by atoms with Gasteiger partial charge in [-0.25, -0.2) is 18.1 Å². The third-order valence-electron chi connectivity index (χ3n) is 4.05. The van der Waals surface area contributed by atoms with Crippen molar-refractivity contribution in [2.45, 2.75) is 13.1 Å². The molecule has 25 heavy (non-hydrogen) atoms. The zero-order valence-corrected chi connectivity index (χ0v) is 15.0. The molecule has 3 aromatic rings. The minimum absolute atomic E-state index is 0.0315. The molecule has 0 amide bonds. The van der Waals surface area contributed by atoms with Gasteiger partial charge in [0.2, 0.25) is 10.0 Å². The first-order valence-electron chi connectivity index (χ1n) is 8.17. The van der Waals surface area contributed by atoms with Crippen LogP contribution in [0.15, 0.2) is 54.6 Å². The van der Waals surface area contributed by atoms with E-state index in [0.717, 1.165) is 22.4 Å². The van der Waals surface area contributed by atoms with Crippen molar-refractivity contribution in [3.05, 3.63) is 66.0 Å². The average molecular weight is 358 g/mol. The summed E-state index contributed by atoms with van der Waals surface area (Å²) in [6.07, 6.45) is 0. The lowest BCUT2D eigenvalue weighted by Crippen LogP contribution is -2.31. The highest BCUT2D eigenvalue weighted by molar-refractivity contribution is 7.89. The number of fused-ring (bicyclic) bond motifs is 1. The quantitative estimate of drug-likeness (QED) is 0.602. The molecule has 7 heteroatoms. The van der Waals surface area contributed by atoms with Gasteiger partial charge in [-0.2, -0.15) is 0 Å². The van der Waals surface area contributed by atoms with Gasteiger partial charge in [0.15, 0.2) is 0 Å². The molecule has 0 unspecified atom stereocenters. The van der Waals surface area contributed by atoms with Gasteiger partial charge < -0.3 is 9.88 Å². The van der Waals surface area contributed by atoms with Crippen molar-refractivity contribution in [3.63, 3.8) is 0 Å². The van der Waals surface area contributed by atoms with Gasteiger partial charge in [-0.3, -0.25) is 0 Å². The molecule has 0 aliphatic heterocycles. The SMILES string of the molecule is Cn1c(CNCCS(=O)(=O)NCc2ccccc2)nc2ccccc21. The van der Waals surface area contributed by atoms with E-state index in [4.69, 9.17) is 0 Å². The number of hydrogen-bond acceptors (Lipinski definition) is 4. The molecule has 0 aliphatic rings. The van der Waals surface area contributed by atoms with Gasteiger partial charge in [0.25, 0.3) is 0 Å². The fourth-order valence-corrected chi connectivity index (χ4v) is 3.57. The maximum Gasteiger partial charge on any atom is 0.213 e. The van der Waals surface area contributed by atoms with E-state index in [9.17, 15) is 8.42 Å². The Hall–Kier alpha value is -2.22. The van der Waals surface area contributed by atoms with Gasteiger partial charge in [-0.15, -0.1) is 0 Å². The fourth-order valence-electron chi connectivity index (χ4n) is 2.62. The Kier molecular flexibility index (Phi) is 5.47. The van der Waals surface area contributed by atoms with Crippen LogP contribution in [-0.4, -0.2) is 30.3 Å². The molecule has 0 radical (unpaired) electrons. The summed E-state index contributed by atoms with van der Waals surface area (Å²) in [5.74, 6) is 0.917. The highest BCUT2D eigenvalue weighted by Gasteiger charge is 2.10. The number of rotatable bonds is 8. The average Bonchev–Trinajstić information content (AvgIpc) is 2.94. The molecule has 0 bridgehead atoms. The monoisotopic (exact) mass is 358 g/mol. The van der Waals surface area contributed by atoms with Crippen LogP contribution in [0.25, 0.3) is 11.0 Å². The molecule has 1 heterocycles. The number of nitrogens with one attached hydrogen (secondary N) is 2. The van der Waals surface area contributed by atoms with E-state index in [0.29, 0.717) is 19.6 Å². The Morgan fingerprint density at radius 1 is 1.00 bits per heavy atom. The van der Waals surface area contributed by atoms with Crippen molar-refractivity contribution in [1.29, 1.82) is 0 Å². The summed E-state index contributed by atoms with van der Waals surface area (Å²) < 4.78 is 28.7. The number of para-hydroxylation sites is 2. The third-order valence-corrected chi connectivity index (χ3v) is 5.38. The Labute approximate surface area is 147 Å². The number of aryl methyl sites for hydroxylation is 1. The zero-order valence-electron chi connectivity index (χ0n) is 14.1. The van der Waals surface area contributed by atoms with E-state index in [-0.39, 0.29) is 5.75 Å². The van der Waals surface area contributed by atoms with Gasteiger partial charge in [-0.05, 0) is 17.7 Å². The van der Waals surface area contributed by atoms with Gasteiger partial charge in [-0.1, -0.05) is 42.5 Å². The standard InChI is InChI=1S/C18H22N4O2S/c1-22-17-10-6-5-9-16(17)21-18(22)14-19-11-12-25(23,24)20-13-15-7-3-2-4-8-15/h2-10,19-20H,11-14H2,1H3. The smallest absolute Gasteiger partial charge is 0.213 e. The summed E-state index contributed by atoms with van der Waals surface area (Å²) in [6.45, 7) is 1.21. The first-order valence-corrected chi connectivity index (χ1v) is 9.83. The molecule has 3 rings (SSSR count). The van der Waals surface area contributed by atoms with Gasteiger partial charge in [0.1, 0.15) is 5.82 Å². The maximum absolute atomic E-state index is 12.1.